The van der Waals surface area contributed by atoms with Crippen molar-refractivity contribution < 1.29 is 0 Å². The highest BCUT2D eigenvalue weighted by molar-refractivity contribution is 6.81. The van der Waals surface area contributed by atoms with Crippen molar-refractivity contribution in [3.05, 3.63) is 11.8 Å². The first kappa shape index (κ1) is 10.0. The molecule has 0 bridgehead atoms. The largest absolute Gasteiger partial charge is 0.137 e. The molecule has 0 aromatic carbocycles. The first-order valence-electron chi connectivity index (χ1n) is 4.09. The van der Waals surface area contributed by atoms with Gasteiger partial charge >= 0.3 is 0 Å². The van der Waals surface area contributed by atoms with Crippen LogP contribution in [0.3, 0.4) is 0 Å². The molecule has 0 spiro atoms. The predicted octanol–water partition coefficient (Wildman–Crippen LogP) is 3.17. The molecule has 0 rings (SSSR count). The molecular weight excluding hydrogens is 135 g/mol. The van der Waals surface area contributed by atoms with E-state index in [1.165, 1.54) is 6.32 Å². The molecule has 0 nitrogen and oxygen atoms in total. The molecule has 0 fully saturated rings. The van der Waals surface area contributed by atoms with Gasteiger partial charge in [0, 0.05) is 0 Å². The molecule has 10 heavy (non-hydrogen) atoms. The fourth-order valence-electron chi connectivity index (χ4n) is 0.694. The van der Waals surface area contributed by atoms with Gasteiger partial charge < -0.3 is 0 Å². The number of rotatable bonds is 3. The van der Waals surface area contributed by atoms with Crippen LogP contribution in [0.1, 0.15) is 0 Å². The number of allylic oxidation sites excluding steroid dienone is 1. The molecule has 58 valence electrons. The molecule has 2 heteroatoms. The van der Waals surface area contributed by atoms with E-state index in [1.807, 2.05) is 0 Å². The zero-order chi connectivity index (χ0) is 8.20. The van der Waals surface area contributed by atoms with Gasteiger partial charge in [-0.05, 0) is 0 Å². The van der Waals surface area contributed by atoms with Crippen LogP contribution >= 0.6 is 0 Å². The zero-order valence-corrected chi connectivity index (χ0v) is 8.94. The van der Waals surface area contributed by atoms with E-state index >= 15 is 0 Å². The van der Waals surface area contributed by atoms with E-state index in [4.69, 9.17) is 0 Å². The Hall–Kier alpha value is 0.0218. The van der Waals surface area contributed by atoms with Crippen LogP contribution in [0.25, 0.3) is 0 Å². The molecule has 0 aliphatic heterocycles. The van der Waals surface area contributed by atoms with Gasteiger partial charge in [0.2, 0.25) is 0 Å². The monoisotopic (exact) mass is 154 g/mol. The van der Waals surface area contributed by atoms with Gasteiger partial charge in [-0.15, -0.1) is 0 Å². The lowest BCUT2D eigenvalue weighted by molar-refractivity contribution is 1.60. The van der Waals surface area contributed by atoms with Crippen molar-refractivity contribution in [3.8, 4) is 0 Å². The summed E-state index contributed by atoms with van der Waals surface area (Å²) < 4.78 is 0. The summed E-state index contributed by atoms with van der Waals surface area (Å²) >= 11 is 0. The molecule has 0 amide bonds. The average Bonchev–Trinajstić information content (AvgIpc) is 1.59. The average molecular weight is 154 g/mol. The molecule has 0 atom stereocenters. The van der Waals surface area contributed by atoms with E-state index < -0.39 is 8.07 Å². The van der Waals surface area contributed by atoms with Crippen molar-refractivity contribution >= 4 is 14.8 Å². The highest BCUT2D eigenvalue weighted by Gasteiger charge is 2.06. The van der Waals surface area contributed by atoms with Gasteiger partial charge in [-0.25, -0.2) is 0 Å². The Morgan fingerprint density at radius 2 is 1.70 bits per heavy atom. The van der Waals surface area contributed by atoms with Crippen LogP contribution in [-0.4, -0.2) is 14.8 Å². The lowest BCUT2D eigenvalue weighted by Gasteiger charge is -2.07. The van der Waals surface area contributed by atoms with Crippen LogP contribution in [0, 0.1) is 0 Å². The molecule has 0 saturated carbocycles. The summed E-state index contributed by atoms with van der Waals surface area (Å²) in [5.74, 6) is 0. The first-order valence-corrected chi connectivity index (χ1v) is 7.67. The minimum absolute atomic E-state index is 0.813. The molecule has 0 radical (unpaired) electrons. The molecule has 0 heterocycles. The van der Waals surface area contributed by atoms with Crippen molar-refractivity contribution in [2.75, 3.05) is 0 Å². The van der Waals surface area contributed by atoms with Crippen molar-refractivity contribution in [3.63, 3.8) is 0 Å². The molecule has 0 saturated heterocycles. The second-order valence-electron chi connectivity index (χ2n) is 4.40. The van der Waals surface area contributed by atoms with E-state index in [1.54, 1.807) is 0 Å². The minimum Gasteiger partial charge on any atom is -0.0996 e. The zero-order valence-electron chi connectivity index (χ0n) is 7.94. The van der Waals surface area contributed by atoms with Crippen LogP contribution in [0.2, 0.25) is 39.6 Å². The van der Waals surface area contributed by atoms with Gasteiger partial charge in [0.25, 0.3) is 0 Å². The Balaban J connectivity index is 3.57. The van der Waals surface area contributed by atoms with Crippen molar-refractivity contribution in [1.29, 1.82) is 0 Å². The normalized spacial score (nSPS) is 12.5. The predicted molar refractivity (Wildman–Crippen MR) is 54.8 cm³/mol. The van der Waals surface area contributed by atoms with Crippen LogP contribution in [0.4, 0.5) is 0 Å². The number of hydrogen-bond donors (Lipinski definition) is 0. The second kappa shape index (κ2) is 4.02. The summed E-state index contributed by atoms with van der Waals surface area (Å²) in [6.45, 7) is 12.4. The maximum Gasteiger partial charge on any atom is 0.137 e. The third-order valence-corrected chi connectivity index (χ3v) is 2.46. The topological polar surface area (TPSA) is 0 Å². The minimum atomic E-state index is -0.905. The molecule has 0 N–H and O–H groups in total. The fraction of sp³-hybridized carbons (Fsp3) is 0.750. The summed E-state index contributed by atoms with van der Waals surface area (Å²) in [4.78, 5) is 0. The standard InChI is InChI=1S/C8H19BSi/c1-9(2)7-6-8-10(3,4)5/h6,8H,7H2,1-5H3/b8-6-. The van der Waals surface area contributed by atoms with E-state index in [0.717, 1.165) is 6.71 Å². The summed E-state index contributed by atoms with van der Waals surface area (Å²) in [5, 5.41) is 0. The second-order valence-corrected chi connectivity index (χ2v) is 9.46. The molecular formula is C8H19BSi. The first-order chi connectivity index (χ1) is 4.42. The molecule has 0 aromatic heterocycles. The van der Waals surface area contributed by atoms with E-state index in [2.05, 4.69) is 45.1 Å². The van der Waals surface area contributed by atoms with Crippen molar-refractivity contribution in [2.24, 2.45) is 0 Å². The summed E-state index contributed by atoms with van der Waals surface area (Å²) in [6, 6.07) is 0. The van der Waals surface area contributed by atoms with Crippen LogP contribution < -0.4 is 0 Å². The Kier molecular flexibility index (Phi) is 4.03. The summed E-state index contributed by atoms with van der Waals surface area (Å²) in [7, 11) is -0.905. The van der Waals surface area contributed by atoms with Crippen molar-refractivity contribution in [1.82, 2.24) is 0 Å². The number of hydrogen-bond acceptors (Lipinski definition) is 0. The smallest absolute Gasteiger partial charge is 0.0996 e. The molecule has 0 aliphatic carbocycles. The van der Waals surface area contributed by atoms with E-state index in [-0.39, 0.29) is 0 Å². The highest BCUT2D eigenvalue weighted by atomic mass is 28.3. The third kappa shape index (κ3) is 8.02. The Bertz CT molecular complexity index is 111. The fourth-order valence-corrected chi connectivity index (χ4v) is 1.54. The Morgan fingerprint density at radius 3 is 2.00 bits per heavy atom. The van der Waals surface area contributed by atoms with Gasteiger partial charge in [-0.1, -0.05) is 51.4 Å². The third-order valence-electron chi connectivity index (χ3n) is 1.23. The van der Waals surface area contributed by atoms with Crippen LogP contribution in [0.5, 0.6) is 0 Å². The lowest BCUT2D eigenvalue weighted by atomic mass is 9.52. The van der Waals surface area contributed by atoms with E-state index in [0.29, 0.717) is 0 Å². The Morgan fingerprint density at radius 1 is 1.20 bits per heavy atom. The maximum atomic E-state index is 2.42. The van der Waals surface area contributed by atoms with Gasteiger partial charge in [-0.3, -0.25) is 0 Å². The lowest BCUT2D eigenvalue weighted by Crippen LogP contribution is -2.15. The molecule has 0 unspecified atom stereocenters. The van der Waals surface area contributed by atoms with Crippen molar-refractivity contribution in [2.45, 2.75) is 39.6 Å². The SMILES string of the molecule is CB(C)C/C=C\[Si](C)(C)C. The maximum absolute atomic E-state index is 2.42. The van der Waals surface area contributed by atoms with Gasteiger partial charge in [0.1, 0.15) is 6.71 Å². The van der Waals surface area contributed by atoms with E-state index in [9.17, 15) is 0 Å². The highest BCUT2D eigenvalue weighted by Crippen LogP contribution is 2.03. The summed E-state index contributed by atoms with van der Waals surface area (Å²) in [6.07, 6.45) is 3.58. The Labute approximate surface area is 66.8 Å². The quantitative estimate of drug-likeness (QED) is 0.547. The van der Waals surface area contributed by atoms with Gasteiger partial charge in [0.15, 0.2) is 0 Å². The van der Waals surface area contributed by atoms with Gasteiger partial charge in [0.05, 0.1) is 8.07 Å². The molecule has 0 aromatic rings. The molecule has 0 aliphatic rings. The van der Waals surface area contributed by atoms with Crippen LogP contribution in [-0.2, 0) is 0 Å². The van der Waals surface area contributed by atoms with Gasteiger partial charge in [-0.2, -0.15) is 0 Å². The summed E-state index contributed by atoms with van der Waals surface area (Å²) in [5.41, 5.74) is 2.42. The van der Waals surface area contributed by atoms with Crippen LogP contribution in [0.15, 0.2) is 11.8 Å².